The molecule has 6 nitrogen and oxygen atoms in total. The zero-order valence-corrected chi connectivity index (χ0v) is 17.5. The molecule has 0 radical (unpaired) electrons. The van der Waals surface area contributed by atoms with Gasteiger partial charge >= 0.3 is 0 Å². The summed E-state index contributed by atoms with van der Waals surface area (Å²) in [6.45, 7) is 3.43. The lowest BCUT2D eigenvalue weighted by atomic mass is 10.1. The summed E-state index contributed by atoms with van der Waals surface area (Å²) in [5.74, 6) is 0.967. The van der Waals surface area contributed by atoms with Gasteiger partial charge in [0, 0.05) is 49.4 Å². The zero-order chi connectivity index (χ0) is 20.8. The molecule has 0 saturated heterocycles. The van der Waals surface area contributed by atoms with Crippen molar-refractivity contribution >= 4 is 0 Å². The first-order valence-corrected chi connectivity index (χ1v) is 10.1. The molecule has 30 heavy (non-hydrogen) atoms. The third-order valence-corrected chi connectivity index (χ3v) is 4.98. The molecule has 0 saturated carbocycles. The van der Waals surface area contributed by atoms with E-state index in [1.807, 2.05) is 59.5 Å². The van der Waals surface area contributed by atoms with Crippen LogP contribution in [0.25, 0.3) is 16.9 Å². The summed E-state index contributed by atoms with van der Waals surface area (Å²) in [4.78, 5) is 8.76. The van der Waals surface area contributed by atoms with E-state index in [0.717, 1.165) is 48.9 Å². The van der Waals surface area contributed by atoms with Gasteiger partial charge in [-0.2, -0.15) is 5.10 Å². The van der Waals surface area contributed by atoms with Crippen molar-refractivity contribution in [1.29, 1.82) is 0 Å². The van der Waals surface area contributed by atoms with Gasteiger partial charge in [0.2, 0.25) is 0 Å². The monoisotopic (exact) mass is 401 g/mol. The second-order valence-corrected chi connectivity index (χ2v) is 7.61. The topological polar surface area (TPSA) is 50.3 Å². The average molecular weight is 402 g/mol. The van der Waals surface area contributed by atoms with Crippen LogP contribution in [0, 0.1) is 0 Å². The summed E-state index contributed by atoms with van der Waals surface area (Å²) < 4.78 is 7.57. The third-order valence-electron chi connectivity index (χ3n) is 4.98. The Morgan fingerprint density at radius 2 is 1.70 bits per heavy atom. The van der Waals surface area contributed by atoms with E-state index in [4.69, 9.17) is 9.52 Å². The van der Waals surface area contributed by atoms with Crippen LogP contribution in [0.3, 0.4) is 0 Å². The second kappa shape index (κ2) is 9.52. The first-order chi connectivity index (χ1) is 14.7. The number of likely N-dealkylation sites (N-methyl/N-ethyl adjacent to an activating group) is 1. The van der Waals surface area contributed by atoms with E-state index < -0.39 is 0 Å². The number of hydrogen-bond acceptors (Lipinski definition) is 5. The van der Waals surface area contributed by atoms with Crippen molar-refractivity contribution in [2.24, 2.45) is 0 Å². The summed E-state index contributed by atoms with van der Waals surface area (Å²) in [6, 6.07) is 18.2. The predicted molar refractivity (Wildman–Crippen MR) is 118 cm³/mol. The molecular formula is C24H27N5O. The van der Waals surface area contributed by atoms with Crippen LogP contribution in [-0.4, -0.2) is 51.7 Å². The first-order valence-electron chi connectivity index (χ1n) is 10.1. The molecular weight excluding hydrogens is 374 g/mol. The highest BCUT2D eigenvalue weighted by Crippen LogP contribution is 2.25. The average Bonchev–Trinajstić information content (AvgIpc) is 3.43. The number of para-hydroxylation sites is 1. The maximum atomic E-state index is 5.61. The molecule has 4 rings (SSSR count). The number of hydrogen-bond donors (Lipinski definition) is 0. The molecule has 0 N–H and O–H groups in total. The van der Waals surface area contributed by atoms with Crippen molar-refractivity contribution in [1.82, 2.24) is 24.6 Å². The molecule has 0 bridgehead atoms. The second-order valence-electron chi connectivity index (χ2n) is 7.61. The van der Waals surface area contributed by atoms with Gasteiger partial charge in [-0.05, 0) is 50.5 Å². The number of aromatic nitrogens is 3. The Morgan fingerprint density at radius 3 is 2.40 bits per heavy atom. The van der Waals surface area contributed by atoms with Crippen molar-refractivity contribution < 1.29 is 4.42 Å². The molecule has 0 unspecified atom stereocenters. The molecule has 0 aliphatic carbocycles. The van der Waals surface area contributed by atoms with E-state index in [0.29, 0.717) is 0 Å². The van der Waals surface area contributed by atoms with E-state index in [-0.39, 0.29) is 0 Å². The van der Waals surface area contributed by atoms with Crippen LogP contribution < -0.4 is 0 Å². The largest absolute Gasteiger partial charge is 0.468 e. The molecule has 0 amide bonds. The highest BCUT2D eigenvalue weighted by atomic mass is 16.3. The molecule has 0 aliphatic heterocycles. The number of rotatable bonds is 9. The van der Waals surface area contributed by atoms with Crippen molar-refractivity contribution in [3.05, 3.63) is 90.8 Å². The third kappa shape index (κ3) is 5.03. The first kappa shape index (κ1) is 20.1. The Morgan fingerprint density at radius 1 is 0.900 bits per heavy atom. The van der Waals surface area contributed by atoms with Gasteiger partial charge < -0.3 is 9.32 Å². The summed E-state index contributed by atoms with van der Waals surface area (Å²) in [5, 5.41) is 4.92. The van der Waals surface area contributed by atoms with Crippen LogP contribution in [0.15, 0.2) is 83.9 Å². The smallest absolute Gasteiger partial charge is 0.117 e. The van der Waals surface area contributed by atoms with E-state index in [1.165, 1.54) is 5.56 Å². The molecule has 0 spiro atoms. The molecule has 3 heterocycles. The van der Waals surface area contributed by atoms with E-state index in [2.05, 4.69) is 47.2 Å². The summed E-state index contributed by atoms with van der Waals surface area (Å²) in [6.07, 6.45) is 7.49. The molecule has 3 aromatic heterocycles. The van der Waals surface area contributed by atoms with Crippen LogP contribution >= 0.6 is 0 Å². The summed E-state index contributed by atoms with van der Waals surface area (Å²) in [7, 11) is 4.20. The fourth-order valence-electron chi connectivity index (χ4n) is 3.41. The molecule has 0 atom stereocenters. The van der Waals surface area contributed by atoms with Crippen LogP contribution in [0.5, 0.6) is 0 Å². The SMILES string of the molecule is CN(C)CCN(Cc1ccco1)Cc1cn(-c2ccccc2)nc1-c1ccncc1. The van der Waals surface area contributed by atoms with Gasteiger partial charge in [-0.1, -0.05) is 18.2 Å². The van der Waals surface area contributed by atoms with E-state index in [9.17, 15) is 0 Å². The minimum Gasteiger partial charge on any atom is -0.468 e. The van der Waals surface area contributed by atoms with Crippen molar-refractivity contribution in [3.63, 3.8) is 0 Å². The molecule has 6 heteroatoms. The Hall–Kier alpha value is -3.22. The Bertz CT molecular complexity index is 1030. The van der Waals surface area contributed by atoms with Crippen molar-refractivity contribution in [2.75, 3.05) is 27.2 Å². The molecule has 4 aromatic rings. The van der Waals surface area contributed by atoms with Gasteiger partial charge in [0.15, 0.2) is 0 Å². The number of benzene rings is 1. The number of pyridine rings is 1. The van der Waals surface area contributed by atoms with Crippen LogP contribution in [0.2, 0.25) is 0 Å². The number of nitrogens with zero attached hydrogens (tertiary/aromatic N) is 5. The Balaban J connectivity index is 1.66. The Kier molecular flexibility index (Phi) is 6.37. The van der Waals surface area contributed by atoms with Gasteiger partial charge in [-0.25, -0.2) is 4.68 Å². The summed E-state index contributed by atoms with van der Waals surface area (Å²) >= 11 is 0. The molecule has 1 aromatic carbocycles. The molecule has 0 aliphatic rings. The predicted octanol–water partition coefficient (Wildman–Crippen LogP) is 4.09. The van der Waals surface area contributed by atoms with Gasteiger partial charge in [0.05, 0.1) is 24.2 Å². The fourth-order valence-corrected chi connectivity index (χ4v) is 3.41. The lowest BCUT2D eigenvalue weighted by Crippen LogP contribution is -2.31. The van der Waals surface area contributed by atoms with Gasteiger partial charge in [-0.3, -0.25) is 9.88 Å². The maximum Gasteiger partial charge on any atom is 0.117 e. The summed E-state index contributed by atoms with van der Waals surface area (Å²) in [5.41, 5.74) is 4.27. The number of furan rings is 1. The minimum absolute atomic E-state index is 0.757. The van der Waals surface area contributed by atoms with Crippen molar-refractivity contribution in [3.8, 4) is 16.9 Å². The standard InChI is InChI=1S/C24H27N5O/c1-27(2)14-15-28(19-23-9-6-16-30-23)17-21-18-29(22-7-4-3-5-8-22)26-24(21)20-10-12-25-13-11-20/h3-13,16,18H,14-15,17,19H2,1-2H3. The van der Waals surface area contributed by atoms with Crippen molar-refractivity contribution in [2.45, 2.75) is 13.1 Å². The van der Waals surface area contributed by atoms with E-state index >= 15 is 0 Å². The maximum absolute atomic E-state index is 5.61. The lowest BCUT2D eigenvalue weighted by Gasteiger charge is -2.23. The van der Waals surface area contributed by atoms with Crippen LogP contribution in [0.4, 0.5) is 0 Å². The lowest BCUT2D eigenvalue weighted by molar-refractivity contribution is 0.211. The van der Waals surface area contributed by atoms with Gasteiger partial charge in [0.1, 0.15) is 5.76 Å². The fraction of sp³-hybridized carbons (Fsp3) is 0.250. The zero-order valence-electron chi connectivity index (χ0n) is 17.5. The highest BCUT2D eigenvalue weighted by Gasteiger charge is 2.17. The Labute approximate surface area is 177 Å². The highest BCUT2D eigenvalue weighted by molar-refractivity contribution is 5.62. The molecule has 0 fully saturated rings. The normalized spacial score (nSPS) is 11.5. The van der Waals surface area contributed by atoms with E-state index in [1.54, 1.807) is 6.26 Å². The van der Waals surface area contributed by atoms with Gasteiger partial charge in [-0.15, -0.1) is 0 Å². The quantitative estimate of drug-likeness (QED) is 0.423. The minimum atomic E-state index is 0.757. The van der Waals surface area contributed by atoms with Crippen LogP contribution in [-0.2, 0) is 13.1 Å². The molecule has 154 valence electrons. The van der Waals surface area contributed by atoms with Crippen LogP contribution in [0.1, 0.15) is 11.3 Å². The van der Waals surface area contributed by atoms with Gasteiger partial charge in [0.25, 0.3) is 0 Å².